The van der Waals surface area contributed by atoms with Gasteiger partial charge >= 0.3 is 17.9 Å². The molecule has 0 aromatic heterocycles. The van der Waals surface area contributed by atoms with Gasteiger partial charge in [0.1, 0.15) is 13.2 Å². The number of hydrogen-bond donors (Lipinski definition) is 0. The quantitative estimate of drug-likeness (QED) is 0.0262. The number of unbranched alkanes of at least 4 members (excludes halogenated alkanes) is 16. The number of carbonyl (C=O) groups is 3. The Bertz CT molecular complexity index is 1530. The van der Waals surface area contributed by atoms with E-state index < -0.39 is 12.1 Å². The molecule has 0 spiro atoms. The van der Waals surface area contributed by atoms with Crippen molar-refractivity contribution in [2.24, 2.45) is 0 Å². The molecular formula is C64H102O6. The minimum Gasteiger partial charge on any atom is -0.462 e. The van der Waals surface area contributed by atoms with Crippen LogP contribution in [0.1, 0.15) is 233 Å². The van der Waals surface area contributed by atoms with Gasteiger partial charge in [0.15, 0.2) is 6.10 Å². The fraction of sp³-hybridized carbons (Fsp3) is 0.609. The predicted octanol–water partition coefficient (Wildman–Crippen LogP) is 19.0. The molecule has 0 bridgehead atoms. The standard InChI is InChI=1S/C64H102O6/c1-4-7-10-13-16-19-22-24-25-26-27-28-29-30-31-32-33-34-35-36-37-38-39-41-42-45-48-51-54-57-63(66)69-60-61(59-68-62(65)56-53-50-47-44-21-18-15-12-9-6-3)70-64(67)58-55-52-49-46-43-40-23-20-17-14-11-8-5-2/h7-8,10-11,16-17,19-20,24-25,27-28,30-31,33-34,36-37,40,43,49,52,61H,4-6,9,12-15,18,21-23,26,29,32,35,38-39,41-42,44-48,50-51,53-60H2,1-3H3/b10-7-,11-8-,19-16-,20-17-,25-24-,28-27-,31-30-,34-33-,37-36-,43-40-,52-49-. The number of allylic oxidation sites excluding steroid dienone is 22. The van der Waals surface area contributed by atoms with Crippen molar-refractivity contribution in [3.63, 3.8) is 0 Å². The average molecular weight is 968 g/mol. The highest BCUT2D eigenvalue weighted by Gasteiger charge is 2.19. The van der Waals surface area contributed by atoms with Crippen LogP contribution < -0.4 is 0 Å². The van der Waals surface area contributed by atoms with E-state index in [-0.39, 0.29) is 31.6 Å². The summed E-state index contributed by atoms with van der Waals surface area (Å²) in [6, 6.07) is 0. The second-order valence-corrected chi connectivity index (χ2v) is 18.1. The molecule has 6 nitrogen and oxygen atoms in total. The van der Waals surface area contributed by atoms with Crippen molar-refractivity contribution in [2.45, 2.75) is 239 Å². The first kappa shape index (κ1) is 65.5. The molecular weight excluding hydrogens is 865 g/mol. The molecule has 0 aliphatic heterocycles. The molecule has 0 aromatic rings. The summed E-state index contributed by atoms with van der Waals surface area (Å²) in [4.78, 5) is 37.9. The molecule has 0 radical (unpaired) electrons. The zero-order chi connectivity index (χ0) is 50.7. The molecule has 0 N–H and O–H groups in total. The number of hydrogen-bond acceptors (Lipinski definition) is 6. The largest absolute Gasteiger partial charge is 0.462 e. The molecule has 394 valence electrons. The lowest BCUT2D eigenvalue weighted by Gasteiger charge is -2.18. The molecule has 0 aliphatic rings. The molecule has 6 heteroatoms. The maximum atomic E-state index is 12.8. The van der Waals surface area contributed by atoms with E-state index in [1.807, 2.05) is 12.2 Å². The smallest absolute Gasteiger partial charge is 0.306 e. The predicted molar refractivity (Wildman–Crippen MR) is 302 cm³/mol. The highest BCUT2D eigenvalue weighted by atomic mass is 16.6. The van der Waals surface area contributed by atoms with Gasteiger partial charge in [-0.1, -0.05) is 244 Å². The minimum atomic E-state index is -0.822. The van der Waals surface area contributed by atoms with Crippen LogP contribution in [0.25, 0.3) is 0 Å². The maximum absolute atomic E-state index is 12.8. The van der Waals surface area contributed by atoms with Crippen LogP contribution >= 0.6 is 0 Å². The van der Waals surface area contributed by atoms with Gasteiger partial charge in [0.05, 0.1) is 0 Å². The first-order valence-electron chi connectivity index (χ1n) is 28.2. The van der Waals surface area contributed by atoms with Crippen molar-refractivity contribution in [1.29, 1.82) is 0 Å². The van der Waals surface area contributed by atoms with E-state index in [4.69, 9.17) is 14.2 Å². The van der Waals surface area contributed by atoms with Crippen LogP contribution in [0.3, 0.4) is 0 Å². The van der Waals surface area contributed by atoms with Crippen LogP contribution in [0.4, 0.5) is 0 Å². The summed E-state index contributed by atoms with van der Waals surface area (Å²) < 4.78 is 16.7. The second-order valence-electron chi connectivity index (χ2n) is 18.1. The van der Waals surface area contributed by atoms with E-state index in [1.54, 1.807) is 0 Å². The average Bonchev–Trinajstić information content (AvgIpc) is 3.36. The van der Waals surface area contributed by atoms with Crippen LogP contribution in [0, 0.1) is 0 Å². The lowest BCUT2D eigenvalue weighted by atomic mass is 10.1. The molecule has 0 aromatic carbocycles. The Hall–Kier alpha value is -4.45. The van der Waals surface area contributed by atoms with Crippen LogP contribution in [0.2, 0.25) is 0 Å². The summed E-state index contributed by atoms with van der Waals surface area (Å²) in [7, 11) is 0. The van der Waals surface area contributed by atoms with Gasteiger partial charge in [-0.3, -0.25) is 14.4 Å². The van der Waals surface area contributed by atoms with Crippen molar-refractivity contribution in [3.8, 4) is 0 Å². The lowest BCUT2D eigenvalue weighted by Crippen LogP contribution is -2.30. The highest BCUT2D eigenvalue weighted by Crippen LogP contribution is 2.14. The van der Waals surface area contributed by atoms with E-state index in [0.29, 0.717) is 19.3 Å². The third-order valence-corrected chi connectivity index (χ3v) is 11.4. The van der Waals surface area contributed by atoms with Gasteiger partial charge in [-0.2, -0.15) is 0 Å². The van der Waals surface area contributed by atoms with Crippen LogP contribution in [0.5, 0.6) is 0 Å². The van der Waals surface area contributed by atoms with Crippen molar-refractivity contribution < 1.29 is 28.6 Å². The van der Waals surface area contributed by atoms with Crippen LogP contribution in [-0.4, -0.2) is 37.2 Å². The zero-order valence-corrected chi connectivity index (χ0v) is 45.0. The number of carbonyl (C=O) groups excluding carboxylic acids is 3. The lowest BCUT2D eigenvalue weighted by molar-refractivity contribution is -0.166. The maximum Gasteiger partial charge on any atom is 0.306 e. The number of ether oxygens (including phenoxy) is 3. The molecule has 1 atom stereocenters. The third-order valence-electron chi connectivity index (χ3n) is 11.4. The van der Waals surface area contributed by atoms with Gasteiger partial charge in [0.25, 0.3) is 0 Å². The van der Waals surface area contributed by atoms with Crippen LogP contribution in [0.15, 0.2) is 134 Å². The molecule has 70 heavy (non-hydrogen) atoms. The van der Waals surface area contributed by atoms with Crippen molar-refractivity contribution in [1.82, 2.24) is 0 Å². The summed E-state index contributed by atoms with van der Waals surface area (Å²) in [5.41, 5.74) is 0. The van der Waals surface area contributed by atoms with Gasteiger partial charge in [-0.15, -0.1) is 0 Å². The topological polar surface area (TPSA) is 78.9 Å². The Morgan fingerprint density at radius 1 is 0.300 bits per heavy atom. The molecule has 0 saturated heterocycles. The summed E-state index contributed by atoms with van der Waals surface area (Å²) in [5.74, 6) is -1.01. The van der Waals surface area contributed by atoms with Crippen molar-refractivity contribution in [3.05, 3.63) is 134 Å². The van der Waals surface area contributed by atoms with E-state index in [0.717, 1.165) is 116 Å². The molecule has 0 aliphatic carbocycles. The van der Waals surface area contributed by atoms with Crippen molar-refractivity contribution in [2.75, 3.05) is 13.2 Å². The van der Waals surface area contributed by atoms with Gasteiger partial charge in [-0.25, -0.2) is 0 Å². The molecule has 0 saturated carbocycles. The van der Waals surface area contributed by atoms with Gasteiger partial charge in [0, 0.05) is 19.3 Å². The Morgan fingerprint density at radius 3 is 0.929 bits per heavy atom. The number of rotatable bonds is 49. The summed E-state index contributed by atoms with van der Waals surface area (Å²) in [6.45, 7) is 6.31. The Kier molecular flexibility index (Phi) is 53.5. The Labute approximate surface area is 430 Å². The molecule has 0 fully saturated rings. The van der Waals surface area contributed by atoms with Gasteiger partial charge in [0.2, 0.25) is 0 Å². The van der Waals surface area contributed by atoms with E-state index in [9.17, 15) is 14.4 Å². The first-order chi connectivity index (χ1) is 34.5. The van der Waals surface area contributed by atoms with E-state index in [1.165, 1.54) is 70.6 Å². The second kappa shape index (κ2) is 57.1. The monoisotopic (exact) mass is 967 g/mol. The molecule has 0 rings (SSSR count). The van der Waals surface area contributed by atoms with E-state index >= 15 is 0 Å². The first-order valence-corrected chi connectivity index (χ1v) is 28.2. The molecule has 1 unspecified atom stereocenters. The third kappa shape index (κ3) is 54.5. The van der Waals surface area contributed by atoms with E-state index in [2.05, 4.69) is 142 Å². The molecule has 0 heterocycles. The summed E-state index contributed by atoms with van der Waals surface area (Å²) >= 11 is 0. The van der Waals surface area contributed by atoms with Gasteiger partial charge < -0.3 is 14.2 Å². The SMILES string of the molecule is CC/C=C\C/C=C\C/C=C\C/C=C\C/C=C\C/C=C\C/C=C\CCCCCCCCCC(=O)OCC(COC(=O)CCCCCCCCCCCC)OC(=O)CC/C=C\C/C=C\C/C=C\C/C=C\CC. The summed E-state index contributed by atoms with van der Waals surface area (Å²) in [6.07, 6.45) is 80.4. The zero-order valence-electron chi connectivity index (χ0n) is 45.0. The minimum absolute atomic E-state index is 0.112. The Morgan fingerprint density at radius 2 is 0.586 bits per heavy atom. The van der Waals surface area contributed by atoms with Crippen molar-refractivity contribution >= 4 is 17.9 Å². The number of esters is 3. The Balaban J connectivity index is 4.31. The fourth-order valence-corrected chi connectivity index (χ4v) is 7.26. The summed E-state index contributed by atoms with van der Waals surface area (Å²) in [5, 5.41) is 0. The van der Waals surface area contributed by atoms with Gasteiger partial charge in [-0.05, 0) is 103 Å². The fourth-order valence-electron chi connectivity index (χ4n) is 7.26. The van der Waals surface area contributed by atoms with Crippen LogP contribution in [-0.2, 0) is 28.6 Å². The molecule has 0 amide bonds. The normalized spacial score (nSPS) is 13.1. The highest BCUT2D eigenvalue weighted by molar-refractivity contribution is 5.71.